The molecule has 1 fully saturated rings. The van der Waals surface area contributed by atoms with Crippen molar-refractivity contribution >= 4 is 13.6 Å². The summed E-state index contributed by atoms with van der Waals surface area (Å²) in [5.41, 5.74) is 0.452. The number of likely N-dealkylation sites (N-methyl/N-ethyl adjacent to an activating group) is 1. The molecule has 1 aliphatic carbocycles. The highest BCUT2D eigenvalue weighted by Crippen LogP contribution is 2.52. The molecule has 0 aromatic heterocycles. The van der Waals surface area contributed by atoms with Crippen molar-refractivity contribution in [1.82, 2.24) is 5.32 Å². The van der Waals surface area contributed by atoms with Crippen LogP contribution in [0.25, 0.3) is 0 Å². The first-order valence-corrected chi connectivity index (χ1v) is 7.36. The van der Waals surface area contributed by atoms with Crippen LogP contribution in [0.4, 0.5) is 0 Å². The maximum absolute atomic E-state index is 11.6. The summed E-state index contributed by atoms with van der Waals surface area (Å²) in [6, 6.07) is 6.43. The minimum absolute atomic E-state index is 0.0931. The lowest BCUT2D eigenvalue weighted by Crippen LogP contribution is -2.36. The smallest absolute Gasteiger partial charge is 0.404 e. The lowest BCUT2D eigenvalue weighted by molar-refractivity contribution is -0.119. The first-order valence-electron chi connectivity index (χ1n) is 5.83. The first-order chi connectivity index (χ1) is 8.78. The van der Waals surface area contributed by atoms with Crippen molar-refractivity contribution < 1.29 is 23.7 Å². The summed E-state index contributed by atoms with van der Waals surface area (Å²) in [6.07, 6.45) is 0.734. The van der Waals surface area contributed by atoms with Crippen LogP contribution >= 0.6 is 7.82 Å². The Labute approximate surface area is 111 Å². The summed E-state index contributed by atoms with van der Waals surface area (Å²) < 4.78 is 15.2. The van der Waals surface area contributed by atoms with Crippen molar-refractivity contribution in [3.05, 3.63) is 29.8 Å². The minimum atomic E-state index is -4.52. The van der Waals surface area contributed by atoms with E-state index in [1.54, 1.807) is 26.1 Å². The Morgan fingerprint density at radius 2 is 2.00 bits per heavy atom. The van der Waals surface area contributed by atoms with Crippen LogP contribution in [-0.4, -0.2) is 28.2 Å². The molecule has 0 aliphatic heterocycles. The Morgan fingerprint density at radius 1 is 1.42 bits per heavy atom. The summed E-state index contributed by atoms with van der Waals surface area (Å²) in [5, 5.41) is 3.05. The number of hydrogen-bond donors (Lipinski definition) is 3. The van der Waals surface area contributed by atoms with Gasteiger partial charge in [0, 0.05) is 5.92 Å². The molecule has 1 aromatic carbocycles. The lowest BCUT2D eigenvalue weighted by atomic mass is 10.0. The van der Waals surface area contributed by atoms with E-state index in [4.69, 9.17) is 9.79 Å². The van der Waals surface area contributed by atoms with Crippen molar-refractivity contribution in [3.63, 3.8) is 0 Å². The molecular weight excluding hydrogens is 269 g/mol. The molecule has 0 heterocycles. The van der Waals surface area contributed by atoms with Gasteiger partial charge in [0.2, 0.25) is 0 Å². The predicted molar refractivity (Wildman–Crippen MR) is 68.9 cm³/mol. The second-order valence-corrected chi connectivity index (χ2v) is 5.85. The predicted octanol–water partition coefficient (Wildman–Crippen LogP) is 1.19. The normalized spacial score (nSPS) is 26.0. The van der Waals surface area contributed by atoms with E-state index < -0.39 is 13.4 Å². The molecule has 3 N–H and O–H groups in total. The van der Waals surface area contributed by atoms with Gasteiger partial charge in [0.25, 0.3) is 0 Å². The Balaban J connectivity index is 2.13. The van der Waals surface area contributed by atoms with Gasteiger partial charge < -0.3 is 9.84 Å². The van der Waals surface area contributed by atoms with Crippen LogP contribution in [0.5, 0.6) is 5.75 Å². The molecule has 6 nitrogen and oxygen atoms in total. The van der Waals surface area contributed by atoms with E-state index in [1.807, 2.05) is 0 Å². The number of nitrogens with one attached hydrogen (secondary N) is 1. The molecule has 1 aliphatic rings. The zero-order chi connectivity index (χ0) is 14.3. The molecule has 0 radical (unpaired) electrons. The van der Waals surface area contributed by atoms with Crippen LogP contribution in [-0.2, 0) is 9.36 Å². The van der Waals surface area contributed by atoms with Crippen LogP contribution < -0.4 is 9.84 Å². The van der Waals surface area contributed by atoms with Crippen LogP contribution in [0.15, 0.2) is 24.3 Å². The Morgan fingerprint density at radius 3 is 2.37 bits per heavy atom. The van der Waals surface area contributed by atoms with E-state index in [0.29, 0.717) is 0 Å². The number of carbonyl (C=O) groups excluding carboxylic acids is 1. The number of phosphoric acid groups is 1. The maximum Gasteiger partial charge on any atom is 0.524 e. The number of Topliss-reactive ketones (excluding diaryl/α,β-unsaturated/α-hetero) is 1. The van der Waals surface area contributed by atoms with Crippen molar-refractivity contribution in [2.45, 2.75) is 24.8 Å². The quantitative estimate of drug-likeness (QED) is 0.703. The van der Waals surface area contributed by atoms with Crippen LogP contribution in [0, 0.1) is 0 Å². The number of ketones is 1. The number of benzene rings is 1. The van der Waals surface area contributed by atoms with Gasteiger partial charge in [0.05, 0.1) is 5.54 Å². The zero-order valence-corrected chi connectivity index (χ0v) is 11.6. The molecule has 0 bridgehead atoms. The molecule has 0 saturated heterocycles. The minimum Gasteiger partial charge on any atom is -0.404 e. The van der Waals surface area contributed by atoms with Gasteiger partial charge in [0.1, 0.15) is 11.5 Å². The van der Waals surface area contributed by atoms with Crippen LogP contribution in [0.2, 0.25) is 0 Å². The second-order valence-electron chi connectivity index (χ2n) is 4.69. The van der Waals surface area contributed by atoms with E-state index in [9.17, 15) is 9.36 Å². The fourth-order valence-electron chi connectivity index (χ4n) is 2.41. The van der Waals surface area contributed by atoms with Crippen molar-refractivity contribution in [2.24, 2.45) is 0 Å². The van der Waals surface area contributed by atoms with Crippen molar-refractivity contribution in [1.29, 1.82) is 0 Å². The largest absolute Gasteiger partial charge is 0.524 e. The molecule has 1 saturated carbocycles. The first kappa shape index (κ1) is 14.2. The van der Waals surface area contributed by atoms with E-state index in [2.05, 4.69) is 9.84 Å². The zero-order valence-electron chi connectivity index (χ0n) is 10.7. The highest BCUT2D eigenvalue weighted by Gasteiger charge is 2.57. The molecule has 1 aromatic rings. The Hall–Kier alpha value is -1.20. The molecule has 19 heavy (non-hydrogen) atoms. The van der Waals surface area contributed by atoms with Gasteiger partial charge in [-0.3, -0.25) is 14.6 Å². The number of carbonyl (C=O) groups is 1. The summed E-state index contributed by atoms with van der Waals surface area (Å²) in [6.45, 7) is 1.56. The molecule has 2 rings (SSSR count). The van der Waals surface area contributed by atoms with E-state index in [1.165, 1.54) is 12.1 Å². The summed E-state index contributed by atoms with van der Waals surface area (Å²) in [7, 11) is -2.77. The second kappa shape index (κ2) is 4.72. The standard InChI is InChI=1S/C12H16NO5P/c1-8(14)12(13-2)7-11(12)9-3-5-10(6-4-9)18-19(15,16)17/h3-6,11,13H,7H2,1-2H3,(H2,15,16,17)/t11-,12?/m0/s1. The molecule has 0 amide bonds. The van der Waals surface area contributed by atoms with Gasteiger partial charge in [-0.25, -0.2) is 4.57 Å². The van der Waals surface area contributed by atoms with Crippen LogP contribution in [0.3, 0.4) is 0 Å². The number of hydrogen-bond acceptors (Lipinski definition) is 4. The van der Waals surface area contributed by atoms with E-state index in [0.717, 1.165) is 12.0 Å². The average Bonchev–Trinajstić information content (AvgIpc) is 3.04. The summed E-state index contributed by atoms with van der Waals surface area (Å²) in [5.74, 6) is 0.297. The van der Waals surface area contributed by atoms with E-state index in [-0.39, 0.29) is 17.5 Å². The maximum atomic E-state index is 11.6. The molecule has 1 unspecified atom stereocenters. The van der Waals surface area contributed by atoms with Gasteiger partial charge >= 0.3 is 7.82 Å². The third-order valence-electron chi connectivity index (χ3n) is 3.54. The number of rotatable bonds is 5. The SMILES string of the molecule is CNC1(C(C)=O)C[C@H]1c1ccc(OP(=O)(O)O)cc1. The van der Waals surface area contributed by atoms with Gasteiger partial charge in [-0.15, -0.1) is 0 Å². The molecular formula is C12H16NO5P. The van der Waals surface area contributed by atoms with Crippen molar-refractivity contribution in [2.75, 3.05) is 7.05 Å². The highest BCUT2D eigenvalue weighted by atomic mass is 31.2. The summed E-state index contributed by atoms with van der Waals surface area (Å²) >= 11 is 0. The fraction of sp³-hybridized carbons (Fsp3) is 0.417. The molecule has 104 valence electrons. The third kappa shape index (κ3) is 2.87. The number of phosphoric ester groups is 1. The van der Waals surface area contributed by atoms with Gasteiger partial charge in [0.15, 0.2) is 0 Å². The Kier molecular flexibility index (Phi) is 3.53. The average molecular weight is 285 g/mol. The van der Waals surface area contributed by atoms with Gasteiger partial charge in [-0.1, -0.05) is 12.1 Å². The third-order valence-corrected chi connectivity index (χ3v) is 3.99. The topological polar surface area (TPSA) is 95.9 Å². The lowest BCUT2D eigenvalue weighted by Gasteiger charge is -2.13. The molecule has 2 atom stereocenters. The fourth-order valence-corrected chi connectivity index (χ4v) is 2.80. The van der Waals surface area contributed by atoms with Gasteiger partial charge in [-0.2, -0.15) is 0 Å². The highest BCUT2D eigenvalue weighted by molar-refractivity contribution is 7.46. The van der Waals surface area contributed by atoms with E-state index >= 15 is 0 Å². The summed E-state index contributed by atoms with van der Waals surface area (Å²) in [4.78, 5) is 29.0. The Bertz CT molecular complexity index is 538. The monoisotopic (exact) mass is 285 g/mol. The van der Waals surface area contributed by atoms with Gasteiger partial charge in [-0.05, 0) is 38.1 Å². The molecule has 0 spiro atoms. The van der Waals surface area contributed by atoms with Crippen molar-refractivity contribution in [3.8, 4) is 5.75 Å². The molecule has 7 heteroatoms. The van der Waals surface area contributed by atoms with Crippen LogP contribution in [0.1, 0.15) is 24.8 Å².